The number of fused-ring (bicyclic) bond motifs is 2. The van der Waals surface area contributed by atoms with Gasteiger partial charge < -0.3 is 29.6 Å². The third kappa shape index (κ3) is 14.2. The van der Waals surface area contributed by atoms with Gasteiger partial charge in [-0.15, -0.1) is 0 Å². The Labute approximate surface area is 336 Å². The number of hydrogen-bond donors (Lipinski definition) is 2. The van der Waals surface area contributed by atoms with Crippen molar-refractivity contribution in [1.29, 1.82) is 0 Å². The van der Waals surface area contributed by atoms with Crippen LogP contribution in [0.2, 0.25) is 0 Å². The highest BCUT2D eigenvalue weighted by atomic mass is 32.2. The summed E-state index contributed by atoms with van der Waals surface area (Å²) >= 11 is 1.49. The van der Waals surface area contributed by atoms with Gasteiger partial charge in [-0.1, -0.05) is 36.4 Å². The molecule has 306 valence electrons. The molecule has 12 nitrogen and oxygen atoms in total. The van der Waals surface area contributed by atoms with E-state index in [2.05, 4.69) is 26.7 Å². The Morgan fingerprint density at radius 3 is 1.75 bits per heavy atom. The summed E-state index contributed by atoms with van der Waals surface area (Å²) in [6.07, 6.45) is -0.219. The zero-order chi connectivity index (χ0) is 41.3. The second-order valence-electron chi connectivity index (χ2n) is 16.4. The molecule has 2 N–H and O–H groups in total. The second-order valence-corrected chi connectivity index (χ2v) is 19.6. The molecular formula is C42H58N4O8S2. The number of ether oxygens (including phenoxy) is 4. The largest absolute Gasteiger partial charge is 0.444 e. The van der Waals surface area contributed by atoms with E-state index in [4.69, 9.17) is 18.9 Å². The highest BCUT2D eigenvalue weighted by molar-refractivity contribution is 7.98. The van der Waals surface area contributed by atoms with Crippen molar-refractivity contribution in [3.05, 3.63) is 84.2 Å². The number of alkyl carbamates (subject to hydrolysis) is 2. The summed E-state index contributed by atoms with van der Waals surface area (Å²) in [5, 5.41) is 6.11. The number of amides is 2. The molecule has 56 heavy (non-hydrogen) atoms. The molecule has 2 heterocycles. The van der Waals surface area contributed by atoms with Gasteiger partial charge in [0.2, 0.25) is 0 Å². The van der Waals surface area contributed by atoms with Gasteiger partial charge in [0.25, 0.3) is 0 Å². The summed E-state index contributed by atoms with van der Waals surface area (Å²) in [5.41, 5.74) is 1.29. The van der Waals surface area contributed by atoms with Gasteiger partial charge in [-0.05, 0) is 105 Å². The predicted molar refractivity (Wildman–Crippen MR) is 223 cm³/mol. The number of aromatic nitrogens is 2. The van der Waals surface area contributed by atoms with Crippen molar-refractivity contribution in [1.82, 2.24) is 20.6 Å². The monoisotopic (exact) mass is 810 g/mol. The van der Waals surface area contributed by atoms with Crippen molar-refractivity contribution in [2.75, 3.05) is 12.4 Å². The molecule has 0 spiro atoms. The van der Waals surface area contributed by atoms with Gasteiger partial charge in [0.05, 0.1) is 53.8 Å². The number of nitrogens with zero attached hydrogens (tertiary/aromatic N) is 2. The minimum Gasteiger partial charge on any atom is -0.444 e. The van der Waals surface area contributed by atoms with E-state index in [0.29, 0.717) is 11.3 Å². The number of pyridine rings is 2. The van der Waals surface area contributed by atoms with E-state index in [0.717, 1.165) is 27.4 Å². The first-order chi connectivity index (χ1) is 26.2. The van der Waals surface area contributed by atoms with Crippen molar-refractivity contribution in [2.24, 2.45) is 0 Å². The third-order valence-corrected chi connectivity index (χ3v) is 11.5. The van der Waals surface area contributed by atoms with E-state index in [-0.39, 0.29) is 18.5 Å². The summed E-state index contributed by atoms with van der Waals surface area (Å²) in [6, 6.07) is 17.0. The van der Waals surface area contributed by atoms with Crippen molar-refractivity contribution >= 4 is 55.6 Å². The zero-order valence-corrected chi connectivity index (χ0v) is 35.8. The molecule has 2 aromatic carbocycles. The zero-order valence-electron chi connectivity index (χ0n) is 34.2. The molecule has 0 saturated heterocycles. The van der Waals surface area contributed by atoms with Crippen molar-refractivity contribution in [2.45, 2.75) is 128 Å². The molecule has 0 aliphatic carbocycles. The number of nitrogens with one attached hydrogen (secondary N) is 2. The molecular weight excluding hydrogens is 753 g/mol. The quantitative estimate of drug-likeness (QED) is 0.107. The average molecular weight is 811 g/mol. The van der Waals surface area contributed by atoms with Crippen LogP contribution >= 0.6 is 11.8 Å². The first kappa shape index (κ1) is 44.7. The van der Waals surface area contributed by atoms with Crippen LogP contribution in [0.15, 0.2) is 73.1 Å². The molecule has 0 aliphatic heterocycles. The molecule has 4 atom stereocenters. The maximum Gasteiger partial charge on any atom is 0.407 e. The minimum absolute atomic E-state index is 0.191. The summed E-state index contributed by atoms with van der Waals surface area (Å²) in [7, 11) is -4.27. The average Bonchev–Trinajstić information content (AvgIpc) is 3.07. The Morgan fingerprint density at radius 2 is 1.23 bits per heavy atom. The van der Waals surface area contributed by atoms with Gasteiger partial charge in [0.1, 0.15) is 16.5 Å². The summed E-state index contributed by atoms with van der Waals surface area (Å²) < 4.78 is 54.3. The number of thioether (sulfide) groups is 1. The number of para-hydroxylation sites is 2. The fraction of sp³-hybridized carbons (Fsp3) is 0.524. The van der Waals surface area contributed by atoms with Crippen LogP contribution in [0.4, 0.5) is 9.59 Å². The second kappa shape index (κ2) is 19.4. The van der Waals surface area contributed by atoms with Gasteiger partial charge in [0.15, 0.2) is 9.84 Å². The number of rotatable bonds is 17. The van der Waals surface area contributed by atoms with Crippen LogP contribution in [0.1, 0.15) is 80.4 Å². The Morgan fingerprint density at radius 1 is 0.732 bits per heavy atom. The molecule has 0 fully saturated rings. The van der Waals surface area contributed by atoms with Gasteiger partial charge in [0, 0.05) is 34.7 Å². The van der Waals surface area contributed by atoms with E-state index >= 15 is 8.42 Å². The third-order valence-electron chi connectivity index (χ3n) is 8.20. The molecule has 4 rings (SSSR count). The normalized spacial score (nSPS) is 14.7. The lowest BCUT2D eigenvalue weighted by atomic mass is 10.0. The first-order valence-electron chi connectivity index (χ1n) is 18.9. The van der Waals surface area contributed by atoms with E-state index < -0.39 is 68.5 Å². The topological polar surface area (TPSA) is 155 Å². The fourth-order valence-corrected chi connectivity index (χ4v) is 9.24. The van der Waals surface area contributed by atoms with E-state index in [1.54, 1.807) is 67.7 Å². The van der Waals surface area contributed by atoms with Crippen LogP contribution in [0, 0.1) is 0 Å². The minimum atomic E-state index is -4.27. The van der Waals surface area contributed by atoms with Gasteiger partial charge in [-0.25, -0.2) is 18.0 Å². The van der Waals surface area contributed by atoms with Crippen molar-refractivity contribution in [3.8, 4) is 0 Å². The smallest absolute Gasteiger partial charge is 0.407 e. The molecule has 0 aliphatic rings. The SMILES string of the molecule is CC(C)OCC(NC(=O)OC(C)(C)C)[C@@H]([C@@H](OC(C)C)C(CSCc1cnc2ccccc2c1)NC(=O)OC(C)(C)C)S(=O)(=O)Cc1cnc2ccccc2c1. The molecule has 0 saturated carbocycles. The Kier molecular flexibility index (Phi) is 15.5. The standard InChI is InChI=1S/C42H58N4O8S2/c1-27(2)51-23-35(45-39(47)53-41(5,6)7)38(56(49,50)26-30-20-32-16-12-14-18-34(32)44-22-30)37(52-28(3)4)36(46-40(48)54-42(8,9)10)25-55-24-29-19-31-15-11-13-17-33(31)43-21-29/h11-22,27-28,35-38H,23-26H2,1-10H3,(H,45,47)(H,46,48)/t35?,36?,37-,38-/m0/s1. The van der Waals surface area contributed by atoms with Crippen LogP contribution < -0.4 is 10.6 Å². The first-order valence-corrected chi connectivity index (χ1v) is 21.8. The lowest BCUT2D eigenvalue weighted by Crippen LogP contribution is -2.62. The Bertz CT molecular complexity index is 2030. The number of benzene rings is 2. The lowest BCUT2D eigenvalue weighted by Gasteiger charge is -2.39. The van der Waals surface area contributed by atoms with Crippen molar-refractivity contribution < 1.29 is 37.0 Å². The highest BCUT2D eigenvalue weighted by Crippen LogP contribution is 2.28. The maximum atomic E-state index is 15.1. The van der Waals surface area contributed by atoms with Crippen LogP contribution in [0.5, 0.6) is 0 Å². The molecule has 2 amide bonds. The molecule has 0 radical (unpaired) electrons. The van der Waals surface area contributed by atoms with Crippen LogP contribution in [-0.2, 0) is 40.3 Å². The number of hydrogen-bond acceptors (Lipinski definition) is 11. The number of carbonyl (C=O) groups is 2. The van der Waals surface area contributed by atoms with Gasteiger partial charge in [-0.3, -0.25) is 9.97 Å². The Hall–Kier alpha value is -3.98. The fourth-order valence-electron chi connectivity index (χ4n) is 6.07. The summed E-state index contributed by atoms with van der Waals surface area (Å²) in [6.45, 7) is 17.5. The van der Waals surface area contributed by atoms with Crippen molar-refractivity contribution in [3.63, 3.8) is 0 Å². The van der Waals surface area contributed by atoms with Gasteiger partial charge >= 0.3 is 12.2 Å². The molecule has 2 aromatic heterocycles. The summed E-state index contributed by atoms with van der Waals surface area (Å²) in [4.78, 5) is 36.2. The molecule has 0 bridgehead atoms. The molecule has 14 heteroatoms. The highest BCUT2D eigenvalue weighted by Gasteiger charge is 2.46. The maximum absolute atomic E-state index is 15.1. The van der Waals surface area contributed by atoms with E-state index in [9.17, 15) is 9.59 Å². The number of sulfone groups is 1. The van der Waals surface area contributed by atoms with Crippen LogP contribution in [0.3, 0.4) is 0 Å². The lowest BCUT2D eigenvalue weighted by molar-refractivity contribution is -0.0297. The molecule has 4 aromatic rings. The van der Waals surface area contributed by atoms with Crippen LogP contribution in [-0.4, -0.2) is 89.8 Å². The Balaban J connectivity index is 1.83. The molecule has 2 unspecified atom stereocenters. The van der Waals surface area contributed by atoms with E-state index in [1.807, 2.05) is 68.6 Å². The van der Waals surface area contributed by atoms with Crippen LogP contribution in [0.25, 0.3) is 21.8 Å². The summed E-state index contributed by atoms with van der Waals surface area (Å²) in [5.74, 6) is 0.294. The number of carbonyl (C=O) groups excluding carboxylic acids is 2. The van der Waals surface area contributed by atoms with E-state index in [1.165, 1.54) is 11.8 Å². The van der Waals surface area contributed by atoms with Gasteiger partial charge in [-0.2, -0.15) is 11.8 Å². The predicted octanol–water partition coefficient (Wildman–Crippen LogP) is 8.01.